The van der Waals surface area contributed by atoms with Gasteiger partial charge in [-0.2, -0.15) is 0 Å². The van der Waals surface area contributed by atoms with E-state index >= 15 is 0 Å². The Kier molecular flexibility index (Phi) is 13.7. The maximum absolute atomic E-state index is 6.77. The summed E-state index contributed by atoms with van der Waals surface area (Å²) >= 11 is 0. The van der Waals surface area contributed by atoms with Crippen LogP contribution in [0.3, 0.4) is 0 Å². The first-order valence-corrected chi connectivity index (χ1v) is 35.6. The van der Waals surface area contributed by atoms with Gasteiger partial charge in [-0.1, -0.05) is 122 Å². The number of benzene rings is 5. The Bertz CT molecular complexity index is 3820. The number of hydrogen-bond donors (Lipinski definition) is 0. The molecular weight excluding hydrogens is 1040 g/mol. The summed E-state index contributed by atoms with van der Waals surface area (Å²) in [5.41, 5.74) is 11.3. The molecular formula is C83H92O3. The van der Waals surface area contributed by atoms with Gasteiger partial charge in [-0.25, -0.2) is 0 Å². The number of fused-ring (bicyclic) bond motifs is 13. The lowest BCUT2D eigenvalue weighted by molar-refractivity contribution is -0.0211. The molecule has 0 spiro atoms. The Hall–Kier alpha value is -5.80. The van der Waals surface area contributed by atoms with Crippen LogP contribution in [0.2, 0.25) is 0 Å². The molecule has 16 unspecified atom stereocenters. The largest absolute Gasteiger partial charge is 0.489 e. The molecule has 16 atom stereocenters. The normalized spacial score (nSPS) is 37.8. The average molecular weight is 1140 g/mol. The summed E-state index contributed by atoms with van der Waals surface area (Å²) in [6, 6.07) is 40.3. The van der Waals surface area contributed by atoms with Crippen LogP contribution in [-0.2, 0) is 0 Å². The number of allylic oxidation sites excluding steroid dienone is 10. The lowest BCUT2D eigenvalue weighted by Gasteiger charge is -2.52. The van der Waals surface area contributed by atoms with E-state index in [1.165, 1.54) is 197 Å². The first-order chi connectivity index (χ1) is 42.6. The first-order valence-electron chi connectivity index (χ1n) is 35.6. The van der Waals surface area contributed by atoms with Crippen LogP contribution in [0.25, 0.3) is 55.0 Å². The quantitative estimate of drug-likeness (QED) is 0.144. The highest BCUT2D eigenvalue weighted by molar-refractivity contribution is 6.06. The highest BCUT2D eigenvalue weighted by Crippen LogP contribution is 2.64. The van der Waals surface area contributed by atoms with Crippen molar-refractivity contribution in [3.8, 4) is 5.75 Å². The summed E-state index contributed by atoms with van der Waals surface area (Å²) in [6.45, 7) is 0. The molecule has 0 saturated heterocycles. The van der Waals surface area contributed by atoms with Gasteiger partial charge in [-0.15, -0.1) is 0 Å². The number of hydrogen-bond acceptors (Lipinski definition) is 3. The minimum Gasteiger partial charge on any atom is -0.489 e. The number of furan rings is 2. The van der Waals surface area contributed by atoms with E-state index < -0.39 is 0 Å². The highest BCUT2D eigenvalue weighted by Gasteiger charge is 2.56. The van der Waals surface area contributed by atoms with Gasteiger partial charge in [0.1, 0.15) is 34.2 Å². The summed E-state index contributed by atoms with van der Waals surface area (Å²) in [6.07, 6.45) is 53.7. The molecule has 3 heterocycles. The van der Waals surface area contributed by atoms with E-state index in [9.17, 15) is 0 Å². The van der Waals surface area contributed by atoms with E-state index in [1.807, 2.05) is 0 Å². The van der Waals surface area contributed by atoms with Crippen molar-refractivity contribution in [2.75, 3.05) is 0 Å². The van der Waals surface area contributed by atoms with Crippen molar-refractivity contribution >= 4 is 55.0 Å². The topological polar surface area (TPSA) is 35.5 Å². The molecule has 3 heteroatoms. The molecule has 1 aliphatic heterocycles. The van der Waals surface area contributed by atoms with E-state index in [4.69, 9.17) is 13.6 Å². The Balaban J connectivity index is 0.584. The summed E-state index contributed by atoms with van der Waals surface area (Å²) in [5, 5.41) is 4.99. The molecule has 86 heavy (non-hydrogen) atoms. The molecule has 2 aromatic heterocycles. The van der Waals surface area contributed by atoms with Crippen LogP contribution in [0.1, 0.15) is 170 Å². The first kappa shape index (κ1) is 53.2. The molecule has 7 aromatic rings. The molecule has 442 valence electrons. The minimum absolute atomic E-state index is 0.379. The number of para-hydroxylation sites is 3. The van der Waals surface area contributed by atoms with Gasteiger partial charge in [0.05, 0.1) is 0 Å². The van der Waals surface area contributed by atoms with Crippen molar-refractivity contribution in [3.05, 3.63) is 174 Å². The molecule has 11 aliphatic rings. The number of rotatable bonds is 9. The van der Waals surface area contributed by atoms with Crippen LogP contribution < -0.4 is 4.74 Å². The van der Waals surface area contributed by atoms with Gasteiger partial charge in [0.15, 0.2) is 0 Å². The molecule has 7 fully saturated rings. The third-order valence-corrected chi connectivity index (χ3v) is 27.3. The van der Waals surface area contributed by atoms with Gasteiger partial charge in [0, 0.05) is 33.0 Å². The zero-order valence-corrected chi connectivity index (χ0v) is 51.0. The van der Waals surface area contributed by atoms with Gasteiger partial charge in [0.2, 0.25) is 0 Å². The van der Waals surface area contributed by atoms with Crippen molar-refractivity contribution in [1.82, 2.24) is 0 Å². The van der Waals surface area contributed by atoms with E-state index in [2.05, 4.69) is 158 Å². The molecule has 0 radical (unpaired) electrons. The lowest BCUT2D eigenvalue weighted by Crippen LogP contribution is -2.44. The van der Waals surface area contributed by atoms with Crippen LogP contribution in [0, 0.1) is 107 Å². The Morgan fingerprint density at radius 3 is 2.02 bits per heavy atom. The second-order valence-electron chi connectivity index (χ2n) is 30.7. The van der Waals surface area contributed by atoms with Gasteiger partial charge in [-0.05, 0) is 313 Å². The molecule has 3 nitrogen and oxygen atoms in total. The fourth-order valence-corrected chi connectivity index (χ4v) is 23.6. The Morgan fingerprint density at radius 2 is 1.17 bits per heavy atom. The molecule has 18 rings (SSSR count). The zero-order valence-electron chi connectivity index (χ0n) is 51.0. The molecule has 5 aromatic carbocycles. The molecule has 10 aliphatic carbocycles. The van der Waals surface area contributed by atoms with Gasteiger partial charge >= 0.3 is 0 Å². The average Bonchev–Trinajstić information content (AvgIpc) is 2.20. The monoisotopic (exact) mass is 1140 g/mol. The maximum atomic E-state index is 6.77. The summed E-state index contributed by atoms with van der Waals surface area (Å²) in [4.78, 5) is 0. The minimum atomic E-state index is 0.379. The SMILES string of the molecule is C1=CCC(C2CCC(C(C3CC=C(c4ccc5oc6ccccc6c5c4)CC3)C3CCC(C4CCC(C5C6C=CC(c7ccc8c(c7)oc7ccccc78)=CC6C6CC(C7CCC8c9ccccc9OC8C7)CCC65)CC4)C4CCCC43)CC2)C=C1. The molecule has 0 amide bonds. The van der Waals surface area contributed by atoms with Gasteiger partial charge in [-0.3, -0.25) is 0 Å². The third-order valence-electron chi connectivity index (χ3n) is 27.3. The fourth-order valence-electron chi connectivity index (χ4n) is 23.6. The van der Waals surface area contributed by atoms with Crippen LogP contribution in [0.15, 0.2) is 167 Å². The zero-order chi connectivity index (χ0) is 56.4. The Morgan fingerprint density at radius 1 is 0.453 bits per heavy atom. The summed E-state index contributed by atoms with van der Waals surface area (Å²) in [7, 11) is 0. The van der Waals surface area contributed by atoms with Gasteiger partial charge in [0.25, 0.3) is 0 Å². The Labute approximate surface area is 512 Å². The van der Waals surface area contributed by atoms with E-state index in [0.717, 1.165) is 117 Å². The second-order valence-corrected chi connectivity index (χ2v) is 30.7. The van der Waals surface area contributed by atoms with Crippen LogP contribution in [0.4, 0.5) is 0 Å². The van der Waals surface area contributed by atoms with Gasteiger partial charge < -0.3 is 13.6 Å². The van der Waals surface area contributed by atoms with E-state index in [1.54, 1.807) is 5.57 Å². The van der Waals surface area contributed by atoms with E-state index in [-0.39, 0.29) is 0 Å². The predicted octanol–water partition coefficient (Wildman–Crippen LogP) is 22.4. The van der Waals surface area contributed by atoms with Crippen molar-refractivity contribution in [1.29, 1.82) is 0 Å². The number of ether oxygens (including phenoxy) is 1. The van der Waals surface area contributed by atoms with Crippen LogP contribution >= 0.6 is 0 Å². The third kappa shape index (κ3) is 9.19. The van der Waals surface area contributed by atoms with Crippen molar-refractivity contribution in [2.24, 2.45) is 107 Å². The highest BCUT2D eigenvalue weighted by atomic mass is 16.5. The summed E-state index contributed by atoms with van der Waals surface area (Å²) < 4.78 is 19.6. The van der Waals surface area contributed by atoms with Crippen molar-refractivity contribution in [2.45, 2.75) is 160 Å². The fraction of sp³-hybridized carbons (Fsp3) is 0.518. The lowest BCUT2D eigenvalue weighted by atomic mass is 9.53. The molecule has 7 saturated carbocycles. The smallest absolute Gasteiger partial charge is 0.136 e. The maximum Gasteiger partial charge on any atom is 0.136 e. The van der Waals surface area contributed by atoms with Crippen molar-refractivity contribution in [3.63, 3.8) is 0 Å². The standard InChI is InChI=1S/C83H92O3/c1-2-11-50(12-3-1)51-21-27-54(28-22-51)82(55-29-23-52(24-30-55)57-37-44-79-75(47-57)67-15-6-9-20-78(67)84-79)70-43-42-62(63-16-10-17-64(63)70)53-25-31-56(32-26-53)83-71-40-35-58(60-33-38-68-65-13-4-7-18-76(65)85-80(68)48-60)45-73(71)74-46-59(36-41-72(74)83)61-34-39-69-66-14-5-8-19-77(66)86-81(69)49-61/h1-9,11,13-15,18-20,23,33,35,37-38,40,44-45,47-48,50-51,53-56,59,61-64,69-74,81-83H,10,12,16-17,21-22,24-32,34,36,39,41-43,46,49H2. The van der Waals surface area contributed by atoms with Crippen LogP contribution in [-0.4, -0.2) is 6.10 Å². The van der Waals surface area contributed by atoms with Crippen molar-refractivity contribution < 1.29 is 13.6 Å². The second kappa shape index (κ2) is 22.1. The van der Waals surface area contributed by atoms with E-state index in [0.29, 0.717) is 23.9 Å². The summed E-state index contributed by atoms with van der Waals surface area (Å²) in [5.74, 6) is 17.1. The molecule has 0 N–H and O–H groups in total. The predicted molar refractivity (Wildman–Crippen MR) is 353 cm³/mol. The van der Waals surface area contributed by atoms with Crippen LogP contribution in [0.5, 0.6) is 5.75 Å². The molecule has 0 bridgehead atoms.